The van der Waals surface area contributed by atoms with E-state index < -0.39 is 15.8 Å². The fourth-order valence-corrected chi connectivity index (χ4v) is 4.60. The van der Waals surface area contributed by atoms with Crippen molar-refractivity contribution in [2.45, 2.75) is 11.3 Å². The molecule has 1 atom stereocenters. The third-order valence-electron chi connectivity index (χ3n) is 5.04. The summed E-state index contributed by atoms with van der Waals surface area (Å²) in [7, 11) is -2.08. The van der Waals surface area contributed by atoms with Crippen LogP contribution in [0.5, 0.6) is 0 Å². The maximum atomic E-state index is 12.6. The highest BCUT2D eigenvalue weighted by Gasteiger charge is 2.25. The van der Waals surface area contributed by atoms with Gasteiger partial charge in [0.25, 0.3) is 0 Å². The zero-order chi connectivity index (χ0) is 19.0. The molecule has 7 nitrogen and oxygen atoms in total. The third-order valence-corrected chi connectivity index (χ3v) is 6.46. The van der Waals surface area contributed by atoms with Crippen LogP contribution >= 0.6 is 0 Å². The summed E-state index contributed by atoms with van der Waals surface area (Å²) < 4.78 is 34.4. The first-order valence-electron chi connectivity index (χ1n) is 8.83. The van der Waals surface area contributed by atoms with E-state index in [1.165, 1.54) is 16.7 Å². The topological polar surface area (TPSA) is 84.5 Å². The molecule has 2 heterocycles. The monoisotopic (exact) mass is 387 g/mol. The first-order chi connectivity index (χ1) is 12.9. The summed E-state index contributed by atoms with van der Waals surface area (Å²) in [4.78, 5) is 13.9. The van der Waals surface area contributed by atoms with Crippen molar-refractivity contribution < 1.29 is 12.8 Å². The zero-order valence-electron chi connectivity index (χ0n) is 15.0. The maximum absolute atomic E-state index is 12.6. The van der Waals surface area contributed by atoms with Gasteiger partial charge >= 0.3 is 5.76 Å². The number of fused-ring (bicyclic) bond motifs is 1. The number of oxazole rings is 1. The Hall–Kier alpha value is -2.58. The van der Waals surface area contributed by atoms with Gasteiger partial charge in [0.1, 0.15) is 0 Å². The Kier molecular flexibility index (Phi) is 4.53. The summed E-state index contributed by atoms with van der Waals surface area (Å²) in [5, 5.41) is 0. The van der Waals surface area contributed by atoms with E-state index in [1.54, 1.807) is 13.1 Å². The Balaban J connectivity index is 1.44. The molecule has 1 aliphatic rings. The minimum atomic E-state index is -3.66. The van der Waals surface area contributed by atoms with Gasteiger partial charge in [-0.05, 0) is 36.6 Å². The van der Waals surface area contributed by atoms with Gasteiger partial charge < -0.3 is 9.32 Å². The standard InChI is InChI=1S/C19H21N3O4S/c1-21-17-8-7-16(11-18(17)26-19(21)23)27(24,25)20-12-14-9-10-22(13-14)15-5-3-2-4-6-15/h2-8,11,14,20H,9-10,12-13H2,1H3. The molecule has 2 aromatic carbocycles. The van der Waals surface area contributed by atoms with Crippen LogP contribution in [0.25, 0.3) is 11.1 Å². The maximum Gasteiger partial charge on any atom is 0.419 e. The van der Waals surface area contributed by atoms with E-state index in [0.29, 0.717) is 12.1 Å². The lowest BCUT2D eigenvalue weighted by Crippen LogP contribution is -2.31. The third kappa shape index (κ3) is 3.50. The average Bonchev–Trinajstić information content (AvgIpc) is 3.26. The van der Waals surface area contributed by atoms with Crippen LogP contribution in [0.4, 0.5) is 5.69 Å². The molecule has 0 aliphatic carbocycles. The highest BCUT2D eigenvalue weighted by Crippen LogP contribution is 2.24. The summed E-state index contributed by atoms with van der Waals surface area (Å²) in [6, 6.07) is 14.6. The molecule has 0 amide bonds. The first-order valence-corrected chi connectivity index (χ1v) is 10.3. The number of nitrogens with zero attached hydrogens (tertiary/aromatic N) is 2. The Bertz CT molecular complexity index is 1120. The van der Waals surface area contributed by atoms with E-state index in [0.717, 1.165) is 25.2 Å². The minimum Gasteiger partial charge on any atom is -0.408 e. The lowest BCUT2D eigenvalue weighted by Gasteiger charge is -2.18. The van der Waals surface area contributed by atoms with Crippen molar-refractivity contribution in [1.82, 2.24) is 9.29 Å². The Morgan fingerprint density at radius 1 is 1.19 bits per heavy atom. The molecule has 4 rings (SSSR count). The molecule has 1 saturated heterocycles. The Morgan fingerprint density at radius 2 is 1.96 bits per heavy atom. The molecule has 1 aromatic heterocycles. The smallest absolute Gasteiger partial charge is 0.408 e. The summed E-state index contributed by atoms with van der Waals surface area (Å²) >= 11 is 0. The zero-order valence-corrected chi connectivity index (χ0v) is 15.8. The van der Waals surface area contributed by atoms with Gasteiger partial charge in [-0.15, -0.1) is 0 Å². The molecule has 0 saturated carbocycles. The van der Waals surface area contributed by atoms with Crippen LogP contribution in [-0.2, 0) is 17.1 Å². The Morgan fingerprint density at radius 3 is 2.74 bits per heavy atom. The second-order valence-electron chi connectivity index (χ2n) is 6.84. The molecule has 8 heteroatoms. The molecule has 1 unspecified atom stereocenters. The van der Waals surface area contributed by atoms with E-state index in [2.05, 4.69) is 21.8 Å². The number of nitrogens with one attached hydrogen (secondary N) is 1. The number of rotatable bonds is 5. The SMILES string of the molecule is Cn1c(=O)oc2cc(S(=O)(=O)NCC3CCN(c4ccccc4)C3)ccc21. The molecule has 1 fully saturated rings. The summed E-state index contributed by atoms with van der Waals surface area (Å²) in [6.45, 7) is 2.11. The summed E-state index contributed by atoms with van der Waals surface area (Å²) in [5.41, 5.74) is 1.99. The van der Waals surface area contributed by atoms with Crippen LogP contribution in [0.2, 0.25) is 0 Å². The van der Waals surface area contributed by atoms with Crippen LogP contribution in [0.3, 0.4) is 0 Å². The highest BCUT2D eigenvalue weighted by atomic mass is 32.2. The second kappa shape index (κ2) is 6.86. The van der Waals surface area contributed by atoms with Gasteiger partial charge in [0.05, 0.1) is 10.4 Å². The van der Waals surface area contributed by atoms with Gasteiger partial charge in [-0.2, -0.15) is 0 Å². The van der Waals surface area contributed by atoms with Crippen molar-refractivity contribution in [3.05, 3.63) is 59.1 Å². The van der Waals surface area contributed by atoms with Gasteiger partial charge in [0, 0.05) is 38.4 Å². The van der Waals surface area contributed by atoms with Crippen molar-refractivity contribution >= 4 is 26.8 Å². The van der Waals surface area contributed by atoms with Crippen LogP contribution in [0, 0.1) is 5.92 Å². The van der Waals surface area contributed by atoms with Gasteiger partial charge in [-0.25, -0.2) is 17.9 Å². The van der Waals surface area contributed by atoms with Crippen molar-refractivity contribution in [3.63, 3.8) is 0 Å². The van der Waals surface area contributed by atoms with E-state index >= 15 is 0 Å². The molecule has 27 heavy (non-hydrogen) atoms. The quantitative estimate of drug-likeness (QED) is 0.723. The number of benzene rings is 2. The van der Waals surface area contributed by atoms with Gasteiger partial charge in [0.15, 0.2) is 5.58 Å². The van der Waals surface area contributed by atoms with Crippen LogP contribution in [0.15, 0.2) is 62.6 Å². The molecular formula is C19H21N3O4S. The molecule has 3 aromatic rings. The lowest BCUT2D eigenvalue weighted by molar-refractivity contribution is 0.526. The van der Waals surface area contributed by atoms with Crippen molar-refractivity contribution in [1.29, 1.82) is 0 Å². The number of aromatic nitrogens is 1. The number of para-hydroxylation sites is 1. The summed E-state index contributed by atoms with van der Waals surface area (Å²) in [5.74, 6) is -0.266. The molecular weight excluding hydrogens is 366 g/mol. The number of anilines is 1. The normalized spacial score (nSPS) is 17.7. The van der Waals surface area contributed by atoms with Crippen molar-refractivity contribution in [2.24, 2.45) is 13.0 Å². The van der Waals surface area contributed by atoms with Crippen LogP contribution in [-0.4, -0.2) is 32.6 Å². The highest BCUT2D eigenvalue weighted by molar-refractivity contribution is 7.89. The average molecular weight is 387 g/mol. The molecule has 1 aliphatic heterocycles. The first kappa shape index (κ1) is 17.8. The second-order valence-corrected chi connectivity index (χ2v) is 8.61. The number of sulfonamides is 1. The molecule has 142 valence electrons. The van der Waals surface area contributed by atoms with Crippen LogP contribution < -0.4 is 15.4 Å². The molecule has 0 radical (unpaired) electrons. The number of hydrogen-bond donors (Lipinski definition) is 1. The van der Waals surface area contributed by atoms with E-state index in [9.17, 15) is 13.2 Å². The van der Waals surface area contributed by atoms with E-state index in [1.807, 2.05) is 18.2 Å². The van der Waals surface area contributed by atoms with Gasteiger partial charge in [-0.3, -0.25) is 4.57 Å². The fourth-order valence-electron chi connectivity index (χ4n) is 3.46. The lowest BCUT2D eigenvalue weighted by atomic mass is 10.1. The largest absolute Gasteiger partial charge is 0.419 e. The van der Waals surface area contributed by atoms with Crippen molar-refractivity contribution in [3.8, 4) is 0 Å². The molecule has 0 spiro atoms. The predicted octanol–water partition coefficient (Wildman–Crippen LogP) is 1.94. The predicted molar refractivity (Wildman–Crippen MR) is 103 cm³/mol. The Labute approximate surface area is 157 Å². The van der Waals surface area contributed by atoms with Crippen LogP contribution in [0.1, 0.15) is 6.42 Å². The molecule has 1 N–H and O–H groups in total. The molecule has 0 bridgehead atoms. The van der Waals surface area contributed by atoms with Crippen molar-refractivity contribution in [2.75, 3.05) is 24.5 Å². The van der Waals surface area contributed by atoms with Gasteiger partial charge in [0.2, 0.25) is 10.0 Å². The van der Waals surface area contributed by atoms with Gasteiger partial charge in [-0.1, -0.05) is 18.2 Å². The number of hydrogen-bond acceptors (Lipinski definition) is 5. The van der Waals surface area contributed by atoms with E-state index in [4.69, 9.17) is 4.42 Å². The minimum absolute atomic E-state index is 0.0993. The summed E-state index contributed by atoms with van der Waals surface area (Å²) in [6.07, 6.45) is 0.935. The fraction of sp³-hybridized carbons (Fsp3) is 0.316. The van der Waals surface area contributed by atoms with E-state index in [-0.39, 0.29) is 16.4 Å². The number of aryl methyl sites for hydroxylation is 1.